The number of imide groups is 1. The zero-order valence-electron chi connectivity index (χ0n) is 19.9. The molecule has 0 radical (unpaired) electrons. The van der Waals surface area contributed by atoms with Gasteiger partial charge in [0, 0.05) is 31.6 Å². The maximum atomic E-state index is 15.2. The van der Waals surface area contributed by atoms with E-state index in [4.69, 9.17) is 4.74 Å². The van der Waals surface area contributed by atoms with Gasteiger partial charge in [0.15, 0.2) is 0 Å². The van der Waals surface area contributed by atoms with Gasteiger partial charge in [0.05, 0.1) is 30.2 Å². The highest BCUT2D eigenvalue weighted by atomic mass is 19.3. The molecule has 3 heterocycles. The van der Waals surface area contributed by atoms with Crippen LogP contribution in [0.2, 0.25) is 0 Å². The average molecular weight is 477 g/mol. The number of fused-ring (bicyclic) bond motifs is 1. The van der Waals surface area contributed by atoms with E-state index in [1.807, 2.05) is 0 Å². The van der Waals surface area contributed by atoms with Crippen LogP contribution in [0.25, 0.3) is 10.9 Å². The van der Waals surface area contributed by atoms with Gasteiger partial charge in [0.1, 0.15) is 5.60 Å². The van der Waals surface area contributed by atoms with Crippen LogP contribution in [0.5, 0.6) is 0 Å². The molecule has 2 saturated heterocycles. The van der Waals surface area contributed by atoms with Gasteiger partial charge in [-0.25, -0.2) is 13.6 Å². The molecular formula is C24H30F2N4O4. The first-order valence-electron chi connectivity index (χ1n) is 11.4. The molecule has 2 aliphatic heterocycles. The lowest BCUT2D eigenvalue weighted by Crippen LogP contribution is -2.49. The molecule has 3 amide bonds. The highest BCUT2D eigenvalue weighted by molar-refractivity contribution is 6.10. The second-order valence-corrected chi connectivity index (χ2v) is 10.1. The van der Waals surface area contributed by atoms with Crippen molar-refractivity contribution in [1.29, 1.82) is 0 Å². The van der Waals surface area contributed by atoms with Crippen LogP contribution in [-0.2, 0) is 21.4 Å². The van der Waals surface area contributed by atoms with Gasteiger partial charge in [-0.15, -0.1) is 0 Å². The normalized spacial score (nSPS) is 21.6. The molecule has 34 heavy (non-hydrogen) atoms. The molecular weight excluding hydrogens is 446 g/mol. The Morgan fingerprint density at radius 1 is 1.24 bits per heavy atom. The molecule has 1 aromatic carbocycles. The number of aryl methyl sites for hydroxylation is 1. The smallest absolute Gasteiger partial charge is 0.328 e. The zero-order valence-corrected chi connectivity index (χ0v) is 19.9. The Balaban J connectivity index is 1.53. The maximum Gasteiger partial charge on any atom is 0.328 e. The van der Waals surface area contributed by atoms with Crippen LogP contribution in [0.3, 0.4) is 0 Å². The standard InChI is InChI=1S/C24H30F2N4O4/c1-23(2,3)34-21(32)13-29-9-7-17(24(25,26)14-29)15-5-6-16-18(11-15)28(4)12-19(16)30-10-8-20(31)27-22(30)33/h5-6,11-12,17H,7-10,13-14H2,1-4H3,(H,27,31,33). The summed E-state index contributed by atoms with van der Waals surface area (Å²) >= 11 is 0. The second kappa shape index (κ2) is 8.65. The van der Waals surface area contributed by atoms with Crippen molar-refractivity contribution in [3.8, 4) is 0 Å². The third kappa shape index (κ3) is 4.91. The third-order valence-corrected chi connectivity index (χ3v) is 6.19. The van der Waals surface area contributed by atoms with Crippen molar-refractivity contribution in [2.75, 3.05) is 31.1 Å². The topological polar surface area (TPSA) is 83.9 Å². The van der Waals surface area contributed by atoms with Gasteiger partial charge in [-0.1, -0.05) is 12.1 Å². The lowest BCUT2D eigenvalue weighted by molar-refractivity contribution is -0.159. The molecule has 0 aliphatic carbocycles. The summed E-state index contributed by atoms with van der Waals surface area (Å²) in [5.74, 6) is -4.83. The van der Waals surface area contributed by atoms with E-state index in [0.717, 1.165) is 10.9 Å². The fraction of sp³-hybridized carbons (Fsp3) is 0.542. The summed E-state index contributed by atoms with van der Waals surface area (Å²) in [4.78, 5) is 38.8. The van der Waals surface area contributed by atoms with Crippen LogP contribution in [0, 0.1) is 0 Å². The molecule has 1 aromatic heterocycles. The fourth-order valence-electron chi connectivity index (χ4n) is 4.72. The number of benzene rings is 1. The number of hydrogen-bond donors (Lipinski definition) is 1. The van der Waals surface area contributed by atoms with Gasteiger partial charge in [0.25, 0.3) is 5.92 Å². The Bertz CT molecular complexity index is 1140. The number of halogens is 2. The van der Waals surface area contributed by atoms with E-state index in [1.54, 1.807) is 56.8 Å². The molecule has 184 valence electrons. The number of anilines is 1. The van der Waals surface area contributed by atoms with Crippen LogP contribution >= 0.6 is 0 Å². The summed E-state index contributed by atoms with van der Waals surface area (Å²) in [7, 11) is 1.80. The summed E-state index contributed by atoms with van der Waals surface area (Å²) in [5, 5.41) is 3.06. The Morgan fingerprint density at radius 2 is 1.97 bits per heavy atom. The first kappa shape index (κ1) is 24.1. The number of nitrogens with zero attached hydrogens (tertiary/aromatic N) is 3. The Hall–Kier alpha value is -3.01. The third-order valence-electron chi connectivity index (χ3n) is 6.19. The summed E-state index contributed by atoms with van der Waals surface area (Å²) in [5.41, 5.74) is 1.21. The van der Waals surface area contributed by atoms with Crippen LogP contribution in [0.4, 0.5) is 19.3 Å². The number of esters is 1. The van der Waals surface area contributed by atoms with Crippen molar-refractivity contribution in [3.63, 3.8) is 0 Å². The van der Waals surface area contributed by atoms with E-state index in [9.17, 15) is 14.4 Å². The number of likely N-dealkylation sites (tertiary alicyclic amines) is 1. The molecule has 8 nitrogen and oxygen atoms in total. The number of amides is 3. The number of urea groups is 1. The van der Waals surface area contributed by atoms with E-state index >= 15 is 8.78 Å². The number of ether oxygens (including phenoxy) is 1. The minimum atomic E-state index is -3.02. The Kier molecular flexibility index (Phi) is 6.14. The van der Waals surface area contributed by atoms with E-state index in [0.29, 0.717) is 17.8 Å². The van der Waals surface area contributed by atoms with E-state index in [-0.39, 0.29) is 31.8 Å². The van der Waals surface area contributed by atoms with Crippen molar-refractivity contribution >= 4 is 34.5 Å². The predicted molar refractivity (Wildman–Crippen MR) is 123 cm³/mol. The van der Waals surface area contributed by atoms with Crippen molar-refractivity contribution in [1.82, 2.24) is 14.8 Å². The number of carbonyl (C=O) groups excluding carboxylic acids is 3. The molecule has 4 rings (SSSR count). The molecule has 0 bridgehead atoms. The molecule has 10 heteroatoms. The van der Waals surface area contributed by atoms with E-state index in [2.05, 4.69) is 5.32 Å². The van der Waals surface area contributed by atoms with Gasteiger partial charge in [-0.05, 0) is 45.4 Å². The van der Waals surface area contributed by atoms with Gasteiger partial charge in [-0.3, -0.25) is 24.7 Å². The van der Waals surface area contributed by atoms with Gasteiger partial charge >= 0.3 is 12.0 Å². The fourth-order valence-corrected chi connectivity index (χ4v) is 4.72. The number of rotatable bonds is 4. The largest absolute Gasteiger partial charge is 0.459 e. The zero-order chi connectivity index (χ0) is 24.8. The summed E-state index contributed by atoms with van der Waals surface area (Å²) in [6, 6.07) is 4.69. The van der Waals surface area contributed by atoms with Gasteiger partial charge in [-0.2, -0.15) is 0 Å². The molecule has 0 saturated carbocycles. The molecule has 1 N–H and O–H groups in total. The minimum absolute atomic E-state index is 0.166. The van der Waals surface area contributed by atoms with Crippen LogP contribution < -0.4 is 10.2 Å². The first-order valence-corrected chi connectivity index (χ1v) is 11.4. The summed E-state index contributed by atoms with van der Waals surface area (Å²) in [6.45, 7) is 5.17. The minimum Gasteiger partial charge on any atom is -0.459 e. The number of piperidine rings is 1. The van der Waals surface area contributed by atoms with Crippen molar-refractivity contribution < 1.29 is 27.9 Å². The second-order valence-electron chi connectivity index (χ2n) is 10.1. The number of aromatic nitrogens is 1. The van der Waals surface area contributed by atoms with E-state index < -0.39 is 36.0 Å². The molecule has 0 spiro atoms. The van der Waals surface area contributed by atoms with Gasteiger partial charge in [0.2, 0.25) is 5.91 Å². The highest BCUT2D eigenvalue weighted by Gasteiger charge is 2.46. The molecule has 1 atom stereocenters. The summed E-state index contributed by atoms with van der Waals surface area (Å²) < 4.78 is 37.4. The van der Waals surface area contributed by atoms with Crippen molar-refractivity contribution in [2.45, 2.75) is 51.1 Å². The SMILES string of the molecule is Cn1cc(N2CCC(=O)NC2=O)c2ccc(C3CCN(CC(=O)OC(C)(C)C)CC3(F)F)cc21. The maximum absolute atomic E-state index is 15.2. The number of hydrogen-bond acceptors (Lipinski definition) is 5. The molecule has 1 unspecified atom stereocenters. The quantitative estimate of drug-likeness (QED) is 0.684. The monoisotopic (exact) mass is 476 g/mol. The molecule has 2 fully saturated rings. The van der Waals surface area contributed by atoms with Crippen molar-refractivity contribution in [2.24, 2.45) is 7.05 Å². The van der Waals surface area contributed by atoms with Crippen LogP contribution in [-0.4, -0.2) is 65.1 Å². The van der Waals surface area contributed by atoms with Gasteiger partial charge < -0.3 is 9.30 Å². The molecule has 2 aliphatic rings. The van der Waals surface area contributed by atoms with E-state index in [1.165, 1.54) is 9.80 Å². The number of nitrogens with one attached hydrogen (secondary N) is 1. The van der Waals surface area contributed by atoms with Crippen LogP contribution in [0.15, 0.2) is 24.4 Å². The van der Waals surface area contributed by atoms with Crippen LogP contribution in [0.1, 0.15) is 45.1 Å². The average Bonchev–Trinajstić information content (AvgIpc) is 3.01. The summed E-state index contributed by atoms with van der Waals surface area (Å²) in [6.07, 6.45) is 2.18. The number of carbonyl (C=O) groups is 3. The lowest BCUT2D eigenvalue weighted by atomic mass is 9.85. The Morgan fingerprint density at radius 3 is 2.62 bits per heavy atom. The predicted octanol–water partition coefficient (Wildman–Crippen LogP) is 3.39. The first-order chi connectivity index (χ1) is 15.8. The van der Waals surface area contributed by atoms with Crippen molar-refractivity contribution in [3.05, 3.63) is 30.0 Å². The lowest BCUT2D eigenvalue weighted by Gasteiger charge is -2.38. The highest BCUT2D eigenvalue weighted by Crippen LogP contribution is 2.42. The Labute approximate surface area is 196 Å². The molecule has 2 aromatic rings. The number of alkyl halides is 2.